The van der Waals surface area contributed by atoms with Gasteiger partial charge in [-0.3, -0.25) is 19.3 Å². The zero-order valence-corrected chi connectivity index (χ0v) is 18.6. The Bertz CT molecular complexity index is 1160. The number of nitrogens with one attached hydrogen (secondary N) is 1. The van der Waals surface area contributed by atoms with Crippen LogP contribution < -0.4 is 14.8 Å². The van der Waals surface area contributed by atoms with Gasteiger partial charge >= 0.3 is 6.61 Å². The molecule has 2 aromatic rings. The molecule has 4 rings (SSSR count). The van der Waals surface area contributed by atoms with E-state index in [9.17, 15) is 23.2 Å². The average molecular weight is 486 g/mol. The minimum absolute atomic E-state index is 0.00441. The number of carbonyl (C=O) groups is 3. The third-order valence-electron chi connectivity index (χ3n) is 5.05. The highest BCUT2D eigenvalue weighted by Crippen LogP contribution is 2.32. The third-order valence-corrected chi connectivity index (χ3v) is 5.96. The second kappa shape index (κ2) is 10.5. The predicted molar refractivity (Wildman–Crippen MR) is 123 cm³/mol. The Labute approximate surface area is 198 Å². The zero-order valence-electron chi connectivity index (χ0n) is 17.8. The molecule has 1 N–H and O–H groups in total. The molecule has 0 bridgehead atoms. The smallest absolute Gasteiger partial charge is 0.387 e. The number of hydrogen-bond donors (Lipinski definition) is 1. The summed E-state index contributed by atoms with van der Waals surface area (Å²) in [5.74, 6) is 0.0410. The van der Waals surface area contributed by atoms with E-state index in [0.717, 1.165) is 40.0 Å². The van der Waals surface area contributed by atoms with Gasteiger partial charge in [0, 0.05) is 25.6 Å². The predicted octanol–water partition coefficient (Wildman–Crippen LogP) is 4.09. The lowest BCUT2D eigenvalue weighted by Crippen LogP contribution is -2.36. The van der Waals surface area contributed by atoms with Crippen molar-refractivity contribution in [2.75, 3.05) is 19.7 Å². The zero-order chi connectivity index (χ0) is 24.1. The number of ether oxygens (including phenoxy) is 2. The molecule has 7 nitrogen and oxygen atoms in total. The molecule has 1 saturated heterocycles. The fourth-order valence-corrected chi connectivity index (χ4v) is 4.29. The van der Waals surface area contributed by atoms with Gasteiger partial charge in [0.2, 0.25) is 5.91 Å². The number of benzene rings is 2. The number of nitrogens with zero attached hydrogens (tertiary/aromatic N) is 1. The van der Waals surface area contributed by atoms with Gasteiger partial charge in [-0.15, -0.1) is 0 Å². The summed E-state index contributed by atoms with van der Waals surface area (Å²) in [5, 5.41) is 2.21. The van der Waals surface area contributed by atoms with E-state index in [2.05, 4.69) is 10.1 Å². The highest BCUT2D eigenvalue weighted by atomic mass is 32.2. The molecule has 2 aliphatic heterocycles. The Morgan fingerprint density at radius 3 is 2.71 bits per heavy atom. The van der Waals surface area contributed by atoms with Crippen molar-refractivity contribution in [1.82, 2.24) is 10.2 Å². The van der Waals surface area contributed by atoms with Gasteiger partial charge in [0.1, 0.15) is 11.5 Å². The van der Waals surface area contributed by atoms with Crippen LogP contribution in [-0.2, 0) is 16.0 Å². The molecule has 3 amide bonds. The van der Waals surface area contributed by atoms with Crippen molar-refractivity contribution in [3.63, 3.8) is 0 Å². The molecular formula is C24H20F2N2O5S. The van der Waals surface area contributed by atoms with E-state index in [0.29, 0.717) is 12.2 Å². The Morgan fingerprint density at radius 1 is 1.18 bits per heavy atom. The number of fused-ring (bicyclic) bond motifs is 1. The molecule has 0 atom stereocenters. The molecule has 10 heteroatoms. The largest absolute Gasteiger partial charge is 0.493 e. The molecule has 176 valence electrons. The van der Waals surface area contributed by atoms with Crippen molar-refractivity contribution in [2.24, 2.45) is 0 Å². The summed E-state index contributed by atoms with van der Waals surface area (Å²) in [6.45, 7) is -2.13. The lowest BCUT2D eigenvalue weighted by atomic mass is 10.1. The molecule has 0 spiro atoms. The first-order valence-corrected chi connectivity index (χ1v) is 11.2. The molecule has 2 aromatic carbocycles. The van der Waals surface area contributed by atoms with Gasteiger partial charge in [-0.25, -0.2) is 0 Å². The first kappa shape index (κ1) is 23.5. The van der Waals surface area contributed by atoms with Gasteiger partial charge in [-0.05, 0) is 64.9 Å². The van der Waals surface area contributed by atoms with Gasteiger partial charge in [0.25, 0.3) is 11.1 Å². The minimum atomic E-state index is -2.92. The summed E-state index contributed by atoms with van der Waals surface area (Å²) in [6.07, 6.45) is 5.43. The molecule has 2 heterocycles. The first-order chi connectivity index (χ1) is 16.4. The van der Waals surface area contributed by atoms with E-state index in [-0.39, 0.29) is 29.7 Å². The summed E-state index contributed by atoms with van der Waals surface area (Å²) < 4.78 is 34.2. The Kier molecular flexibility index (Phi) is 7.27. The Balaban J connectivity index is 1.28. The van der Waals surface area contributed by atoms with Gasteiger partial charge in [0.15, 0.2) is 0 Å². The van der Waals surface area contributed by atoms with Crippen LogP contribution in [0.3, 0.4) is 0 Å². The van der Waals surface area contributed by atoms with E-state index < -0.39 is 17.8 Å². The number of carbonyl (C=O) groups excluding carboxylic acids is 3. The average Bonchev–Trinajstić information content (AvgIpc) is 3.38. The summed E-state index contributed by atoms with van der Waals surface area (Å²) >= 11 is 0.778. The quantitative estimate of drug-likeness (QED) is 0.566. The van der Waals surface area contributed by atoms with Crippen LogP contribution in [0.1, 0.15) is 16.7 Å². The maximum Gasteiger partial charge on any atom is 0.387 e. The van der Waals surface area contributed by atoms with Crippen LogP contribution in [-0.4, -0.2) is 48.3 Å². The molecule has 0 aliphatic carbocycles. The van der Waals surface area contributed by atoms with Crippen LogP contribution in [0.5, 0.6) is 11.5 Å². The number of alkyl halides is 2. The van der Waals surface area contributed by atoms with Crippen molar-refractivity contribution in [3.8, 4) is 11.5 Å². The normalized spacial score (nSPS) is 16.4. The lowest BCUT2D eigenvalue weighted by molar-refractivity contribution is -0.123. The van der Waals surface area contributed by atoms with E-state index in [1.54, 1.807) is 6.08 Å². The SMILES string of the molecule is O=C(/C=C/c1ccc2c(c1)CCO2)NCCN1C(=O)S/C(=C\c2ccc(OC(F)F)cc2)C1=O. The number of imide groups is 1. The number of amides is 3. The molecule has 0 radical (unpaired) electrons. The molecular weight excluding hydrogens is 466 g/mol. The highest BCUT2D eigenvalue weighted by molar-refractivity contribution is 8.18. The number of halogens is 2. The topological polar surface area (TPSA) is 84.9 Å². The molecule has 34 heavy (non-hydrogen) atoms. The van der Waals surface area contributed by atoms with Crippen molar-refractivity contribution in [3.05, 3.63) is 70.1 Å². The molecule has 0 unspecified atom stereocenters. The van der Waals surface area contributed by atoms with E-state index >= 15 is 0 Å². The van der Waals surface area contributed by atoms with Gasteiger partial charge < -0.3 is 14.8 Å². The molecule has 0 saturated carbocycles. The fraction of sp³-hybridized carbons (Fsp3) is 0.208. The Morgan fingerprint density at radius 2 is 1.94 bits per heavy atom. The van der Waals surface area contributed by atoms with Crippen molar-refractivity contribution < 1.29 is 32.6 Å². The Hall–Kier alpha value is -3.66. The standard InChI is InChI=1S/C24H20F2N2O5S/c25-23(26)33-18-5-1-16(2-6-18)14-20-22(30)28(24(31)34-20)11-10-27-21(29)8-4-15-3-7-19-17(13-15)9-12-32-19/h1-8,13-14,23H,9-12H2,(H,27,29)/b8-4+,20-14-. The van der Waals surface area contributed by atoms with Gasteiger partial charge in [-0.1, -0.05) is 18.2 Å². The monoisotopic (exact) mass is 486 g/mol. The molecule has 1 fully saturated rings. The summed E-state index contributed by atoms with van der Waals surface area (Å²) in [6, 6.07) is 11.4. The van der Waals surface area contributed by atoms with Crippen molar-refractivity contribution >= 4 is 41.0 Å². The highest BCUT2D eigenvalue weighted by Gasteiger charge is 2.34. The number of thioether (sulfide) groups is 1. The fourth-order valence-electron chi connectivity index (χ4n) is 3.42. The van der Waals surface area contributed by atoms with Crippen LogP contribution in [0.25, 0.3) is 12.2 Å². The van der Waals surface area contributed by atoms with E-state index in [4.69, 9.17) is 4.74 Å². The second-order valence-electron chi connectivity index (χ2n) is 7.37. The summed E-state index contributed by atoms with van der Waals surface area (Å²) in [4.78, 5) is 38.2. The number of rotatable bonds is 8. The molecule has 0 aromatic heterocycles. The number of hydrogen-bond acceptors (Lipinski definition) is 6. The van der Waals surface area contributed by atoms with Crippen molar-refractivity contribution in [1.29, 1.82) is 0 Å². The van der Waals surface area contributed by atoms with Crippen LogP contribution in [0, 0.1) is 0 Å². The van der Waals surface area contributed by atoms with Gasteiger partial charge in [-0.2, -0.15) is 8.78 Å². The van der Waals surface area contributed by atoms with Gasteiger partial charge in [0.05, 0.1) is 11.5 Å². The van der Waals surface area contributed by atoms with E-state index in [1.807, 2.05) is 18.2 Å². The van der Waals surface area contributed by atoms with Crippen LogP contribution in [0.15, 0.2) is 53.4 Å². The van der Waals surface area contributed by atoms with Crippen LogP contribution >= 0.6 is 11.8 Å². The molecule has 2 aliphatic rings. The van der Waals surface area contributed by atoms with Crippen LogP contribution in [0.2, 0.25) is 0 Å². The van der Waals surface area contributed by atoms with E-state index in [1.165, 1.54) is 36.4 Å². The lowest BCUT2D eigenvalue weighted by Gasteiger charge is -2.12. The van der Waals surface area contributed by atoms with Crippen LogP contribution in [0.4, 0.5) is 13.6 Å². The maximum absolute atomic E-state index is 12.6. The summed E-state index contributed by atoms with van der Waals surface area (Å²) in [7, 11) is 0. The second-order valence-corrected chi connectivity index (χ2v) is 8.36. The van der Waals surface area contributed by atoms with Crippen molar-refractivity contribution in [2.45, 2.75) is 13.0 Å². The first-order valence-electron chi connectivity index (χ1n) is 10.4. The summed E-state index contributed by atoms with van der Waals surface area (Å²) in [5.41, 5.74) is 2.54. The third kappa shape index (κ3) is 5.82. The minimum Gasteiger partial charge on any atom is -0.493 e. The maximum atomic E-state index is 12.6.